The fourth-order valence-corrected chi connectivity index (χ4v) is 8.73. The standard InChI is InChI=1S/C40H50FN7O3/c1-5-6-7-13-29-14-10-15-30(24-29)34-33(41)35-32(25-42-34)36(46(4)27-39(45(2)3)17-11-18-39)44-37(43-35)51-28-40-19-12-23-48(40)31(16-20-40)26-50-38(49)47-21-8-9-22-47/h1,6-7,10,13-15,25,31H,8-9,11-12,16-24,26-28H2,2-4H3/b7-6-,29-13-/t31-,40-/m1/s1. The number of hydrogen-bond acceptors (Lipinski definition) is 9. The molecule has 2 aliphatic carbocycles. The summed E-state index contributed by atoms with van der Waals surface area (Å²) >= 11 is 0. The molecule has 0 aromatic carbocycles. The number of aromatic nitrogens is 3. The molecule has 0 N–H and O–H groups in total. The summed E-state index contributed by atoms with van der Waals surface area (Å²) in [6.07, 6.45) is 27.9. The number of anilines is 1. The molecule has 0 spiro atoms. The summed E-state index contributed by atoms with van der Waals surface area (Å²) < 4.78 is 29.0. The van der Waals surface area contributed by atoms with Crippen LogP contribution in [0.1, 0.15) is 69.9 Å². The highest BCUT2D eigenvalue weighted by molar-refractivity contribution is 5.91. The maximum absolute atomic E-state index is 16.7. The highest BCUT2D eigenvalue weighted by atomic mass is 19.1. The van der Waals surface area contributed by atoms with Crippen molar-refractivity contribution in [2.24, 2.45) is 0 Å². The lowest BCUT2D eigenvalue weighted by atomic mass is 9.75. The molecule has 2 aromatic rings. The van der Waals surface area contributed by atoms with Crippen LogP contribution in [0.5, 0.6) is 6.01 Å². The number of likely N-dealkylation sites (tertiary alicyclic amines) is 1. The second-order valence-electron chi connectivity index (χ2n) is 15.1. The Hall–Kier alpha value is -4.27. The molecule has 7 rings (SSSR count). The molecule has 270 valence electrons. The van der Waals surface area contributed by atoms with Crippen LogP contribution in [-0.4, -0.2) is 113 Å². The highest BCUT2D eigenvalue weighted by Crippen LogP contribution is 2.43. The molecule has 1 saturated carbocycles. The van der Waals surface area contributed by atoms with Crippen LogP contribution in [-0.2, 0) is 4.74 Å². The lowest BCUT2D eigenvalue weighted by Gasteiger charge is -2.49. The van der Waals surface area contributed by atoms with Crippen LogP contribution in [0.25, 0.3) is 16.5 Å². The Morgan fingerprint density at radius 3 is 2.69 bits per heavy atom. The predicted octanol–water partition coefficient (Wildman–Crippen LogP) is 6.15. The molecule has 11 heteroatoms. The molecular weight excluding hydrogens is 645 g/mol. The van der Waals surface area contributed by atoms with Crippen molar-refractivity contribution in [2.75, 3.05) is 65.4 Å². The van der Waals surface area contributed by atoms with Gasteiger partial charge in [0.15, 0.2) is 5.82 Å². The summed E-state index contributed by atoms with van der Waals surface area (Å²) in [5.41, 5.74) is 2.05. The van der Waals surface area contributed by atoms with E-state index in [0.29, 0.717) is 30.8 Å². The van der Waals surface area contributed by atoms with E-state index in [-0.39, 0.29) is 40.4 Å². The number of ether oxygens (including phenoxy) is 2. The van der Waals surface area contributed by atoms with Crippen molar-refractivity contribution in [1.29, 1.82) is 0 Å². The molecule has 1 amide bonds. The number of terminal acetylenes is 1. The Kier molecular flexibility index (Phi) is 10.2. The zero-order valence-electron chi connectivity index (χ0n) is 30.2. The van der Waals surface area contributed by atoms with Crippen molar-refractivity contribution in [3.05, 3.63) is 59.7 Å². The van der Waals surface area contributed by atoms with E-state index in [1.807, 2.05) is 42.3 Å². The number of hydrogen-bond donors (Lipinski definition) is 0. The topological polar surface area (TPSA) is 87.2 Å². The van der Waals surface area contributed by atoms with Gasteiger partial charge in [-0.05, 0) is 102 Å². The number of halogens is 1. The molecule has 2 atom stereocenters. The van der Waals surface area contributed by atoms with Crippen LogP contribution in [0.4, 0.5) is 15.0 Å². The molecule has 4 fully saturated rings. The summed E-state index contributed by atoms with van der Waals surface area (Å²) in [5.74, 6) is 2.62. The van der Waals surface area contributed by atoms with E-state index in [0.717, 1.165) is 88.7 Å². The van der Waals surface area contributed by atoms with Gasteiger partial charge in [0.1, 0.15) is 30.2 Å². The first-order valence-electron chi connectivity index (χ1n) is 18.5. The van der Waals surface area contributed by atoms with Gasteiger partial charge in [0.05, 0.1) is 10.9 Å². The third kappa shape index (κ3) is 7.01. The minimum absolute atomic E-state index is 0.0230. The molecule has 0 unspecified atom stereocenters. The molecule has 5 aliphatic rings. The average Bonchev–Trinajstić information content (AvgIpc) is 3.87. The summed E-state index contributed by atoms with van der Waals surface area (Å²) in [6.45, 7) is 3.99. The van der Waals surface area contributed by atoms with Gasteiger partial charge in [-0.25, -0.2) is 9.18 Å². The molecular formula is C40H50FN7O3. The number of carbonyl (C=O) groups excluding carboxylic acids is 1. The number of fused-ring (bicyclic) bond motifs is 2. The Bertz CT molecular complexity index is 1800. The SMILES string of the molecule is C#C/C=C\C=C1\C=CC=C(c2ncc3c(N(C)CC4(N(C)C)CCC4)nc(OC[C@]45CCCN4[C@@H](COC(=O)N4CCCC4)CC5)nc3c2F)C1. The van der Waals surface area contributed by atoms with Crippen LogP contribution >= 0.6 is 0 Å². The molecule has 0 radical (unpaired) electrons. The fourth-order valence-electron chi connectivity index (χ4n) is 8.73. The first-order chi connectivity index (χ1) is 24.7. The summed E-state index contributed by atoms with van der Waals surface area (Å²) in [6, 6.07) is 0.312. The normalized spacial score (nSPS) is 25.0. The van der Waals surface area contributed by atoms with Crippen LogP contribution in [0.15, 0.2) is 48.2 Å². The van der Waals surface area contributed by atoms with Gasteiger partial charge in [-0.1, -0.05) is 36.3 Å². The molecule has 10 nitrogen and oxygen atoms in total. The monoisotopic (exact) mass is 695 g/mol. The molecule has 3 saturated heterocycles. The molecule has 0 bridgehead atoms. The number of allylic oxidation sites excluding steroid dienone is 8. The average molecular weight is 696 g/mol. The third-order valence-corrected chi connectivity index (χ3v) is 11.8. The predicted molar refractivity (Wildman–Crippen MR) is 198 cm³/mol. The van der Waals surface area contributed by atoms with Crippen molar-refractivity contribution in [3.8, 4) is 18.4 Å². The van der Waals surface area contributed by atoms with Crippen LogP contribution < -0.4 is 9.64 Å². The number of nitrogens with zero attached hydrogens (tertiary/aromatic N) is 7. The van der Waals surface area contributed by atoms with Crippen molar-refractivity contribution in [3.63, 3.8) is 0 Å². The van der Waals surface area contributed by atoms with Gasteiger partial charge in [0, 0.05) is 44.5 Å². The van der Waals surface area contributed by atoms with Crippen molar-refractivity contribution in [2.45, 2.75) is 81.3 Å². The van der Waals surface area contributed by atoms with E-state index >= 15 is 4.39 Å². The Morgan fingerprint density at radius 1 is 1.12 bits per heavy atom. The van der Waals surface area contributed by atoms with E-state index in [2.05, 4.69) is 39.7 Å². The van der Waals surface area contributed by atoms with Crippen molar-refractivity contribution < 1.29 is 18.7 Å². The zero-order valence-corrected chi connectivity index (χ0v) is 30.2. The van der Waals surface area contributed by atoms with E-state index in [1.165, 1.54) is 6.42 Å². The molecule has 3 aliphatic heterocycles. The van der Waals surface area contributed by atoms with Gasteiger partial charge >= 0.3 is 12.1 Å². The quantitative estimate of drug-likeness (QED) is 0.257. The summed E-state index contributed by atoms with van der Waals surface area (Å²) in [4.78, 5) is 35.7. The Labute approximate surface area is 301 Å². The van der Waals surface area contributed by atoms with Gasteiger partial charge in [0.25, 0.3) is 0 Å². The zero-order chi connectivity index (χ0) is 35.6. The van der Waals surface area contributed by atoms with Crippen molar-refractivity contribution >= 4 is 28.4 Å². The first kappa shape index (κ1) is 35.1. The summed E-state index contributed by atoms with van der Waals surface area (Å²) in [7, 11) is 6.26. The third-order valence-electron chi connectivity index (χ3n) is 11.8. The lowest BCUT2D eigenvalue weighted by molar-refractivity contribution is 0.0463. The lowest BCUT2D eigenvalue weighted by Crippen LogP contribution is -2.56. The van der Waals surface area contributed by atoms with Crippen LogP contribution in [0.3, 0.4) is 0 Å². The molecule has 51 heavy (non-hydrogen) atoms. The largest absolute Gasteiger partial charge is 0.461 e. The second-order valence-corrected chi connectivity index (χ2v) is 15.1. The van der Waals surface area contributed by atoms with Gasteiger partial charge in [-0.3, -0.25) is 9.88 Å². The van der Waals surface area contributed by atoms with Crippen molar-refractivity contribution in [1.82, 2.24) is 29.7 Å². The molecule has 2 aromatic heterocycles. The smallest absolute Gasteiger partial charge is 0.409 e. The van der Waals surface area contributed by atoms with Gasteiger partial charge in [0.2, 0.25) is 0 Å². The maximum Gasteiger partial charge on any atom is 0.409 e. The number of likely N-dealkylation sites (N-methyl/N-ethyl adjacent to an activating group) is 2. The Balaban J connectivity index is 1.16. The second kappa shape index (κ2) is 14.8. The molecule has 5 heterocycles. The summed E-state index contributed by atoms with van der Waals surface area (Å²) in [5, 5.41) is 0.556. The maximum atomic E-state index is 16.7. The van der Waals surface area contributed by atoms with Crippen LogP contribution in [0, 0.1) is 18.2 Å². The number of carbonyl (C=O) groups is 1. The number of rotatable bonds is 11. The highest BCUT2D eigenvalue weighted by Gasteiger charge is 2.50. The Morgan fingerprint density at radius 2 is 1.94 bits per heavy atom. The van der Waals surface area contributed by atoms with Gasteiger partial charge in [-0.2, -0.15) is 9.97 Å². The van der Waals surface area contributed by atoms with Crippen LogP contribution in [0.2, 0.25) is 0 Å². The van der Waals surface area contributed by atoms with E-state index in [4.69, 9.17) is 25.9 Å². The van der Waals surface area contributed by atoms with Gasteiger partial charge < -0.3 is 24.2 Å². The van der Waals surface area contributed by atoms with E-state index in [9.17, 15) is 4.79 Å². The van der Waals surface area contributed by atoms with Gasteiger partial charge in [-0.15, -0.1) is 6.42 Å². The van der Waals surface area contributed by atoms with E-state index < -0.39 is 5.82 Å². The minimum Gasteiger partial charge on any atom is -0.461 e. The van der Waals surface area contributed by atoms with E-state index in [1.54, 1.807) is 12.3 Å². The first-order valence-corrected chi connectivity index (χ1v) is 18.5. The minimum atomic E-state index is -0.484. The number of amides is 1. The fraction of sp³-hybridized carbons (Fsp3) is 0.550. The number of pyridine rings is 1.